The monoisotopic (exact) mass is 438 g/mol. The van der Waals surface area contributed by atoms with Crippen LogP contribution in [0, 0.1) is 0 Å². The lowest BCUT2D eigenvalue weighted by Gasteiger charge is -2.45. The number of ether oxygens (including phenoxy) is 1. The molecule has 0 unspecified atom stereocenters. The molecule has 1 N–H and O–H groups in total. The number of nitrogens with one attached hydrogen (secondary N) is 1. The van der Waals surface area contributed by atoms with Crippen molar-refractivity contribution in [1.82, 2.24) is 15.1 Å². The van der Waals surface area contributed by atoms with Crippen molar-refractivity contribution < 1.29 is 4.74 Å². The van der Waals surface area contributed by atoms with Gasteiger partial charge in [0.1, 0.15) is 0 Å². The summed E-state index contributed by atoms with van der Waals surface area (Å²) < 4.78 is 5.62. The second-order valence-corrected chi connectivity index (χ2v) is 6.71. The topological polar surface area (TPSA) is 40.1 Å². The predicted molar refractivity (Wildman–Crippen MR) is 108 cm³/mol. The summed E-state index contributed by atoms with van der Waals surface area (Å²) in [5, 5.41) is 3.64. The first-order valence-electron chi connectivity index (χ1n) is 8.96. The molecular weight excluding hydrogens is 403 g/mol. The Kier molecular flexibility index (Phi) is 9.77. The maximum atomic E-state index is 5.62. The standard InChI is InChI=1S/C17H34N4O.HI/c1-4-5-10-20(3)16(18-2)19-15-17(8-13-22-14-9-17)21-11-6-7-12-21;/h4-15H2,1-3H3,(H,18,19);1H. The summed E-state index contributed by atoms with van der Waals surface area (Å²) in [5.41, 5.74) is 0.260. The fourth-order valence-corrected chi connectivity index (χ4v) is 3.68. The van der Waals surface area contributed by atoms with Crippen molar-refractivity contribution in [3.05, 3.63) is 0 Å². The van der Waals surface area contributed by atoms with E-state index in [1.54, 1.807) is 0 Å². The summed E-state index contributed by atoms with van der Waals surface area (Å²) in [6, 6.07) is 0. The van der Waals surface area contributed by atoms with E-state index in [9.17, 15) is 0 Å². The van der Waals surface area contributed by atoms with Crippen molar-refractivity contribution >= 4 is 29.9 Å². The zero-order valence-electron chi connectivity index (χ0n) is 15.1. The van der Waals surface area contributed by atoms with E-state index in [2.05, 4.69) is 34.1 Å². The molecule has 2 aliphatic rings. The number of unbranched alkanes of at least 4 members (excludes halogenated alkanes) is 1. The van der Waals surface area contributed by atoms with E-state index in [1.807, 2.05) is 7.05 Å². The highest BCUT2D eigenvalue weighted by molar-refractivity contribution is 14.0. The highest BCUT2D eigenvalue weighted by atomic mass is 127. The molecule has 2 rings (SSSR count). The van der Waals surface area contributed by atoms with Crippen LogP contribution in [0.3, 0.4) is 0 Å². The van der Waals surface area contributed by atoms with E-state index in [0.717, 1.165) is 45.1 Å². The zero-order chi connectivity index (χ0) is 15.8. The number of hydrogen-bond acceptors (Lipinski definition) is 3. The summed E-state index contributed by atoms with van der Waals surface area (Å²) in [7, 11) is 4.02. The van der Waals surface area contributed by atoms with E-state index < -0.39 is 0 Å². The lowest BCUT2D eigenvalue weighted by atomic mass is 9.88. The molecule has 0 saturated carbocycles. The number of halogens is 1. The third-order valence-electron chi connectivity index (χ3n) is 5.20. The molecule has 0 amide bonds. The average molecular weight is 438 g/mol. The quantitative estimate of drug-likeness (QED) is 0.393. The molecule has 0 aromatic heterocycles. The number of guanidine groups is 1. The molecule has 2 saturated heterocycles. The summed E-state index contributed by atoms with van der Waals surface area (Å²) >= 11 is 0. The van der Waals surface area contributed by atoms with Crippen LogP contribution in [-0.4, -0.2) is 74.8 Å². The molecule has 0 aliphatic carbocycles. The highest BCUT2D eigenvalue weighted by Gasteiger charge is 2.39. The fraction of sp³-hybridized carbons (Fsp3) is 0.941. The highest BCUT2D eigenvalue weighted by Crippen LogP contribution is 2.30. The zero-order valence-corrected chi connectivity index (χ0v) is 17.5. The van der Waals surface area contributed by atoms with Gasteiger partial charge >= 0.3 is 0 Å². The maximum absolute atomic E-state index is 5.62. The van der Waals surface area contributed by atoms with E-state index in [-0.39, 0.29) is 29.5 Å². The van der Waals surface area contributed by atoms with Crippen LogP contribution >= 0.6 is 24.0 Å². The van der Waals surface area contributed by atoms with Gasteiger partial charge in [0, 0.05) is 45.9 Å². The van der Waals surface area contributed by atoms with Gasteiger partial charge in [-0.2, -0.15) is 0 Å². The van der Waals surface area contributed by atoms with E-state index in [0.29, 0.717) is 0 Å². The predicted octanol–water partition coefficient (Wildman–Crippen LogP) is 2.56. The molecule has 0 atom stereocenters. The van der Waals surface area contributed by atoms with Crippen molar-refractivity contribution in [3.8, 4) is 0 Å². The lowest BCUT2D eigenvalue weighted by molar-refractivity contribution is -0.0166. The Morgan fingerprint density at radius 2 is 1.91 bits per heavy atom. The van der Waals surface area contributed by atoms with Crippen molar-refractivity contribution in [2.24, 2.45) is 4.99 Å². The SMILES string of the molecule is CCCCN(C)C(=NC)NCC1(N2CCCC2)CCOCC1.I. The maximum Gasteiger partial charge on any atom is 0.193 e. The Bertz CT molecular complexity index is 353. The van der Waals surface area contributed by atoms with Crippen LogP contribution in [-0.2, 0) is 4.74 Å². The van der Waals surface area contributed by atoms with Crippen LogP contribution in [0.2, 0.25) is 0 Å². The van der Waals surface area contributed by atoms with Crippen molar-refractivity contribution in [3.63, 3.8) is 0 Å². The second-order valence-electron chi connectivity index (χ2n) is 6.71. The largest absolute Gasteiger partial charge is 0.381 e. The molecule has 0 aromatic carbocycles. The molecule has 136 valence electrons. The smallest absolute Gasteiger partial charge is 0.193 e. The van der Waals surface area contributed by atoms with Gasteiger partial charge in [0.25, 0.3) is 0 Å². The summed E-state index contributed by atoms with van der Waals surface area (Å²) in [6.07, 6.45) is 7.38. The Hall–Kier alpha value is -0.0800. The number of likely N-dealkylation sites (tertiary alicyclic amines) is 1. The van der Waals surface area contributed by atoms with E-state index in [1.165, 1.54) is 38.8 Å². The minimum atomic E-state index is 0. The van der Waals surface area contributed by atoms with Crippen LogP contribution in [0.25, 0.3) is 0 Å². The molecule has 2 fully saturated rings. The van der Waals surface area contributed by atoms with Gasteiger partial charge in [-0.25, -0.2) is 0 Å². The number of aliphatic imine (C=N–C) groups is 1. The van der Waals surface area contributed by atoms with Gasteiger partial charge in [-0.3, -0.25) is 9.89 Å². The number of hydrogen-bond donors (Lipinski definition) is 1. The molecule has 2 heterocycles. The molecule has 0 aromatic rings. The summed E-state index contributed by atoms with van der Waals surface area (Å²) in [4.78, 5) is 9.41. The van der Waals surface area contributed by atoms with Gasteiger partial charge in [0.15, 0.2) is 5.96 Å². The Morgan fingerprint density at radius 1 is 1.26 bits per heavy atom. The van der Waals surface area contributed by atoms with Gasteiger partial charge < -0.3 is 15.0 Å². The van der Waals surface area contributed by atoms with Crippen molar-refractivity contribution in [2.45, 2.75) is 51.0 Å². The normalized spacial score (nSPS) is 21.8. The molecule has 23 heavy (non-hydrogen) atoms. The fourth-order valence-electron chi connectivity index (χ4n) is 3.68. The molecule has 6 heteroatoms. The van der Waals surface area contributed by atoms with Crippen LogP contribution < -0.4 is 5.32 Å². The van der Waals surface area contributed by atoms with Crippen LogP contribution in [0.15, 0.2) is 4.99 Å². The molecule has 2 aliphatic heterocycles. The second kappa shape index (κ2) is 10.7. The van der Waals surface area contributed by atoms with Crippen molar-refractivity contribution in [1.29, 1.82) is 0 Å². The van der Waals surface area contributed by atoms with Gasteiger partial charge in [0.2, 0.25) is 0 Å². The number of nitrogens with zero attached hydrogens (tertiary/aromatic N) is 3. The first kappa shape index (κ1) is 21.0. The van der Waals surface area contributed by atoms with E-state index in [4.69, 9.17) is 4.74 Å². The van der Waals surface area contributed by atoms with Gasteiger partial charge in [-0.1, -0.05) is 13.3 Å². The van der Waals surface area contributed by atoms with Gasteiger partial charge in [-0.15, -0.1) is 24.0 Å². The van der Waals surface area contributed by atoms with Gasteiger partial charge in [-0.05, 0) is 45.2 Å². The molecule has 0 radical (unpaired) electrons. The van der Waals surface area contributed by atoms with Crippen LogP contribution in [0.1, 0.15) is 45.4 Å². The Morgan fingerprint density at radius 3 is 2.48 bits per heavy atom. The average Bonchev–Trinajstić information content (AvgIpc) is 3.09. The van der Waals surface area contributed by atoms with Crippen LogP contribution in [0.4, 0.5) is 0 Å². The number of rotatable bonds is 6. The third-order valence-corrected chi connectivity index (χ3v) is 5.20. The third kappa shape index (κ3) is 5.74. The summed E-state index contributed by atoms with van der Waals surface area (Å²) in [6.45, 7) is 8.55. The first-order valence-corrected chi connectivity index (χ1v) is 8.96. The minimum absolute atomic E-state index is 0. The molecular formula is C17H35IN4O. The van der Waals surface area contributed by atoms with Gasteiger partial charge in [0.05, 0.1) is 0 Å². The Balaban J connectivity index is 0.00000264. The molecule has 5 nitrogen and oxygen atoms in total. The van der Waals surface area contributed by atoms with Crippen LogP contribution in [0.5, 0.6) is 0 Å². The molecule has 0 bridgehead atoms. The minimum Gasteiger partial charge on any atom is -0.381 e. The summed E-state index contributed by atoms with van der Waals surface area (Å²) in [5.74, 6) is 1.03. The Labute approximate surface area is 159 Å². The van der Waals surface area contributed by atoms with Crippen molar-refractivity contribution in [2.75, 3.05) is 53.5 Å². The van der Waals surface area contributed by atoms with E-state index >= 15 is 0 Å². The first-order chi connectivity index (χ1) is 10.7. The lowest BCUT2D eigenvalue weighted by Crippen LogP contribution is -2.58. The molecule has 0 spiro atoms.